The van der Waals surface area contributed by atoms with Crippen LogP contribution in [0.15, 0.2) is 30.3 Å². The van der Waals surface area contributed by atoms with Crippen molar-refractivity contribution in [3.05, 3.63) is 35.9 Å². The van der Waals surface area contributed by atoms with Crippen LogP contribution in [0.3, 0.4) is 0 Å². The molecule has 15 heavy (non-hydrogen) atoms. The molecule has 0 saturated heterocycles. The van der Waals surface area contributed by atoms with Crippen LogP contribution in [0.5, 0.6) is 0 Å². The third-order valence-corrected chi connectivity index (χ3v) is 1.62. The number of carbonyl (C=O) groups excluding carboxylic acids is 1. The van der Waals surface area contributed by atoms with Gasteiger partial charge in [-0.05, 0) is 0 Å². The molecule has 0 aliphatic rings. The van der Waals surface area contributed by atoms with Crippen LogP contribution in [0.2, 0.25) is 0 Å². The first-order valence-electron chi connectivity index (χ1n) is 3.67. The number of rotatable bonds is 3. The SMILES string of the molecule is O.O=C(O)C(=O)C(F)(F)c1ccccc1. The fraction of sp³-hybridized carbons (Fsp3) is 0.111. The van der Waals surface area contributed by atoms with Crippen molar-refractivity contribution in [1.82, 2.24) is 0 Å². The summed E-state index contributed by atoms with van der Waals surface area (Å²) in [4.78, 5) is 20.7. The molecule has 0 aliphatic heterocycles. The maximum Gasteiger partial charge on any atom is 0.379 e. The molecule has 1 aromatic rings. The van der Waals surface area contributed by atoms with Crippen molar-refractivity contribution < 1.29 is 29.0 Å². The number of benzene rings is 1. The molecule has 1 aromatic carbocycles. The van der Waals surface area contributed by atoms with Gasteiger partial charge >= 0.3 is 17.7 Å². The fourth-order valence-electron chi connectivity index (χ4n) is 0.913. The van der Waals surface area contributed by atoms with Crippen LogP contribution in [0, 0.1) is 0 Å². The number of carboxylic acid groups (broad SMARTS) is 1. The van der Waals surface area contributed by atoms with Crippen molar-refractivity contribution >= 4 is 11.8 Å². The van der Waals surface area contributed by atoms with Crippen LogP contribution in [-0.2, 0) is 15.5 Å². The van der Waals surface area contributed by atoms with Crippen molar-refractivity contribution in [2.24, 2.45) is 0 Å². The second kappa shape index (κ2) is 4.61. The molecule has 3 N–H and O–H groups in total. The molecule has 0 aromatic heterocycles. The second-order valence-electron chi connectivity index (χ2n) is 2.57. The summed E-state index contributed by atoms with van der Waals surface area (Å²) in [6.45, 7) is 0. The molecule has 0 spiro atoms. The van der Waals surface area contributed by atoms with Gasteiger partial charge in [-0.3, -0.25) is 4.79 Å². The van der Waals surface area contributed by atoms with Crippen LogP contribution < -0.4 is 0 Å². The van der Waals surface area contributed by atoms with E-state index in [0.717, 1.165) is 12.1 Å². The van der Waals surface area contributed by atoms with Gasteiger partial charge in [-0.15, -0.1) is 0 Å². The Kier molecular flexibility index (Phi) is 4.05. The third kappa shape index (κ3) is 2.57. The molecule has 4 nitrogen and oxygen atoms in total. The Hall–Kier alpha value is -1.82. The van der Waals surface area contributed by atoms with Gasteiger partial charge in [-0.25, -0.2) is 4.79 Å². The Morgan fingerprint density at radius 1 is 1.13 bits per heavy atom. The lowest BCUT2D eigenvalue weighted by Gasteiger charge is -2.11. The minimum atomic E-state index is -3.97. The average Bonchev–Trinajstić information content (AvgIpc) is 2.18. The molecule has 0 amide bonds. The van der Waals surface area contributed by atoms with E-state index < -0.39 is 23.2 Å². The zero-order chi connectivity index (χ0) is 10.8. The van der Waals surface area contributed by atoms with E-state index in [-0.39, 0.29) is 5.48 Å². The molecule has 0 bridgehead atoms. The summed E-state index contributed by atoms with van der Waals surface area (Å²) in [7, 11) is 0. The highest BCUT2D eigenvalue weighted by atomic mass is 19.3. The summed E-state index contributed by atoms with van der Waals surface area (Å²) >= 11 is 0. The number of carbonyl (C=O) groups is 2. The van der Waals surface area contributed by atoms with Crippen molar-refractivity contribution in [2.45, 2.75) is 5.92 Å². The third-order valence-electron chi connectivity index (χ3n) is 1.62. The average molecular weight is 218 g/mol. The number of carboxylic acids is 1. The van der Waals surface area contributed by atoms with E-state index in [1.807, 2.05) is 0 Å². The predicted octanol–water partition coefficient (Wildman–Crippen LogP) is 0.607. The first-order valence-corrected chi connectivity index (χ1v) is 3.67. The zero-order valence-electron chi connectivity index (χ0n) is 7.41. The van der Waals surface area contributed by atoms with Crippen molar-refractivity contribution in [3.63, 3.8) is 0 Å². The van der Waals surface area contributed by atoms with Gasteiger partial charge in [0.15, 0.2) is 0 Å². The molecular formula is C9H8F2O4. The normalized spacial score (nSPS) is 10.3. The van der Waals surface area contributed by atoms with E-state index >= 15 is 0 Å². The quantitative estimate of drug-likeness (QED) is 0.754. The largest absolute Gasteiger partial charge is 0.475 e. The molecule has 0 aliphatic carbocycles. The molecule has 0 unspecified atom stereocenters. The lowest BCUT2D eigenvalue weighted by atomic mass is 10.1. The molecule has 6 heteroatoms. The molecule has 1 rings (SSSR count). The Labute approximate surface area is 83.5 Å². The minimum Gasteiger partial charge on any atom is -0.475 e. The van der Waals surface area contributed by atoms with Gasteiger partial charge in [-0.1, -0.05) is 30.3 Å². The van der Waals surface area contributed by atoms with Crippen molar-refractivity contribution in [3.8, 4) is 0 Å². The van der Waals surface area contributed by atoms with Crippen molar-refractivity contribution in [2.75, 3.05) is 0 Å². The standard InChI is InChI=1S/C9H6F2O3.H2O/c10-9(11,7(12)8(13)14)6-4-2-1-3-5-6;/h1-5H,(H,13,14);1H2. The van der Waals surface area contributed by atoms with Gasteiger partial charge in [-0.2, -0.15) is 8.78 Å². The van der Waals surface area contributed by atoms with Crippen LogP contribution in [0.4, 0.5) is 8.78 Å². The smallest absolute Gasteiger partial charge is 0.379 e. The van der Waals surface area contributed by atoms with Crippen LogP contribution in [-0.4, -0.2) is 22.3 Å². The lowest BCUT2D eigenvalue weighted by molar-refractivity contribution is -0.163. The fourth-order valence-corrected chi connectivity index (χ4v) is 0.913. The Morgan fingerprint density at radius 2 is 1.60 bits per heavy atom. The molecular weight excluding hydrogens is 210 g/mol. The molecule has 0 saturated carbocycles. The van der Waals surface area contributed by atoms with Crippen LogP contribution in [0.25, 0.3) is 0 Å². The summed E-state index contributed by atoms with van der Waals surface area (Å²) in [5, 5.41) is 8.15. The number of aliphatic carboxylic acids is 1. The highest BCUT2D eigenvalue weighted by molar-refractivity contribution is 6.35. The maximum atomic E-state index is 13.1. The number of hydrogen-bond donors (Lipinski definition) is 1. The lowest BCUT2D eigenvalue weighted by Crippen LogP contribution is -2.32. The molecule has 0 radical (unpaired) electrons. The van der Waals surface area contributed by atoms with E-state index in [9.17, 15) is 18.4 Å². The Balaban J connectivity index is 0.00000196. The summed E-state index contributed by atoms with van der Waals surface area (Å²) in [6.07, 6.45) is 0. The maximum absolute atomic E-state index is 13.1. The van der Waals surface area contributed by atoms with E-state index in [1.54, 1.807) is 0 Å². The van der Waals surface area contributed by atoms with E-state index in [1.165, 1.54) is 18.2 Å². The summed E-state index contributed by atoms with van der Waals surface area (Å²) in [5.41, 5.74) is -0.618. The van der Waals surface area contributed by atoms with E-state index in [4.69, 9.17) is 5.11 Å². The number of alkyl halides is 2. The number of halogens is 2. The molecule has 82 valence electrons. The predicted molar refractivity (Wildman–Crippen MR) is 46.6 cm³/mol. The van der Waals surface area contributed by atoms with Gasteiger partial charge < -0.3 is 10.6 Å². The first kappa shape index (κ1) is 13.2. The van der Waals surface area contributed by atoms with Gasteiger partial charge in [0.25, 0.3) is 0 Å². The Morgan fingerprint density at radius 3 is 2.00 bits per heavy atom. The second-order valence-corrected chi connectivity index (χ2v) is 2.57. The molecule has 0 heterocycles. The number of Topliss-reactive ketones (excluding diaryl/α,β-unsaturated/α-hetero) is 1. The highest BCUT2D eigenvalue weighted by Gasteiger charge is 2.44. The highest BCUT2D eigenvalue weighted by Crippen LogP contribution is 2.28. The molecule has 0 fully saturated rings. The summed E-state index contributed by atoms with van der Waals surface area (Å²) < 4.78 is 26.1. The van der Waals surface area contributed by atoms with Gasteiger partial charge in [0.1, 0.15) is 0 Å². The summed E-state index contributed by atoms with van der Waals surface area (Å²) in [5.74, 6) is -8.23. The number of hydrogen-bond acceptors (Lipinski definition) is 2. The first-order chi connectivity index (χ1) is 6.46. The van der Waals surface area contributed by atoms with E-state index in [2.05, 4.69) is 0 Å². The summed E-state index contributed by atoms with van der Waals surface area (Å²) in [6, 6.07) is 6.10. The minimum absolute atomic E-state index is 0. The van der Waals surface area contributed by atoms with Gasteiger partial charge in [0.05, 0.1) is 0 Å². The van der Waals surface area contributed by atoms with Crippen molar-refractivity contribution in [1.29, 1.82) is 0 Å². The monoisotopic (exact) mass is 218 g/mol. The number of ketones is 1. The molecule has 0 atom stereocenters. The van der Waals surface area contributed by atoms with Gasteiger partial charge in [0.2, 0.25) is 0 Å². The van der Waals surface area contributed by atoms with E-state index in [0.29, 0.717) is 0 Å². The van der Waals surface area contributed by atoms with Gasteiger partial charge in [0, 0.05) is 5.56 Å². The Bertz CT molecular complexity index is 362. The van der Waals surface area contributed by atoms with Crippen LogP contribution >= 0.6 is 0 Å². The van der Waals surface area contributed by atoms with Crippen LogP contribution in [0.1, 0.15) is 5.56 Å². The zero-order valence-corrected chi connectivity index (χ0v) is 7.41. The topological polar surface area (TPSA) is 85.9 Å².